The number of pyridine rings is 2. The van der Waals surface area contributed by atoms with Crippen LogP contribution in [0.4, 0.5) is 5.82 Å². The van der Waals surface area contributed by atoms with Gasteiger partial charge in [0.25, 0.3) is 0 Å². The van der Waals surface area contributed by atoms with Crippen molar-refractivity contribution in [3.05, 3.63) is 48.3 Å². The van der Waals surface area contributed by atoms with Crippen molar-refractivity contribution < 1.29 is 0 Å². The van der Waals surface area contributed by atoms with E-state index < -0.39 is 0 Å². The number of hydrogen-bond acceptors (Lipinski definition) is 4. The summed E-state index contributed by atoms with van der Waals surface area (Å²) in [4.78, 5) is 8.59. The van der Waals surface area contributed by atoms with Gasteiger partial charge in [-0.25, -0.2) is 9.97 Å². The van der Waals surface area contributed by atoms with Gasteiger partial charge in [0.05, 0.1) is 5.03 Å². The van der Waals surface area contributed by atoms with E-state index in [9.17, 15) is 0 Å². The molecule has 0 bridgehead atoms. The number of nitrogens with one attached hydrogen (secondary N) is 1. The van der Waals surface area contributed by atoms with Gasteiger partial charge in [0, 0.05) is 24.7 Å². The van der Waals surface area contributed by atoms with Crippen molar-refractivity contribution in [3.63, 3.8) is 0 Å². The van der Waals surface area contributed by atoms with Crippen molar-refractivity contribution in [2.75, 3.05) is 11.9 Å². The summed E-state index contributed by atoms with van der Waals surface area (Å²) in [6.45, 7) is 3.11. The molecular formula is C14H17N3S. The molecule has 0 amide bonds. The average Bonchev–Trinajstić information content (AvgIpc) is 2.44. The summed E-state index contributed by atoms with van der Waals surface area (Å²) in [6, 6.07) is 10.1. The Balaban J connectivity index is 1.93. The van der Waals surface area contributed by atoms with Crippen LogP contribution in [0.3, 0.4) is 0 Å². The Kier molecular flexibility index (Phi) is 5.02. The highest BCUT2D eigenvalue weighted by Gasteiger charge is 1.99. The lowest BCUT2D eigenvalue weighted by Crippen LogP contribution is -2.01. The highest BCUT2D eigenvalue weighted by atomic mass is 32.2. The van der Waals surface area contributed by atoms with Gasteiger partial charge in [0.2, 0.25) is 0 Å². The van der Waals surface area contributed by atoms with E-state index >= 15 is 0 Å². The lowest BCUT2D eigenvalue weighted by atomic mass is 10.3. The molecule has 0 aliphatic carbocycles. The Morgan fingerprint density at radius 2 is 2.11 bits per heavy atom. The van der Waals surface area contributed by atoms with E-state index in [1.54, 1.807) is 11.8 Å². The first-order chi connectivity index (χ1) is 8.88. The molecule has 0 aliphatic rings. The molecule has 0 aliphatic heterocycles. The first-order valence-electron chi connectivity index (χ1n) is 6.11. The van der Waals surface area contributed by atoms with E-state index in [0.717, 1.165) is 29.6 Å². The van der Waals surface area contributed by atoms with E-state index in [4.69, 9.17) is 0 Å². The SMILES string of the molecule is CCCNc1cc(CSc2ccccn2)ccn1. The molecule has 0 spiro atoms. The lowest BCUT2D eigenvalue weighted by molar-refractivity contribution is 0.968. The second kappa shape index (κ2) is 7.01. The monoisotopic (exact) mass is 259 g/mol. The molecule has 0 fully saturated rings. The van der Waals surface area contributed by atoms with E-state index in [1.165, 1.54) is 5.56 Å². The lowest BCUT2D eigenvalue weighted by Gasteiger charge is -2.06. The van der Waals surface area contributed by atoms with Crippen LogP contribution in [0.1, 0.15) is 18.9 Å². The largest absolute Gasteiger partial charge is 0.370 e. The van der Waals surface area contributed by atoms with Gasteiger partial charge in [0.1, 0.15) is 5.82 Å². The molecule has 2 aromatic heterocycles. The van der Waals surface area contributed by atoms with E-state index in [-0.39, 0.29) is 0 Å². The highest BCUT2D eigenvalue weighted by molar-refractivity contribution is 7.98. The molecule has 2 rings (SSSR count). The fourth-order valence-electron chi connectivity index (χ4n) is 1.50. The van der Waals surface area contributed by atoms with E-state index in [1.807, 2.05) is 36.7 Å². The van der Waals surface area contributed by atoms with E-state index in [2.05, 4.69) is 28.3 Å². The molecule has 0 aromatic carbocycles. The molecule has 2 heterocycles. The topological polar surface area (TPSA) is 37.8 Å². The third-order valence-electron chi connectivity index (χ3n) is 2.40. The summed E-state index contributed by atoms with van der Waals surface area (Å²) in [7, 11) is 0. The zero-order chi connectivity index (χ0) is 12.6. The van der Waals surface area contributed by atoms with E-state index in [0.29, 0.717) is 0 Å². The predicted octanol–water partition coefficient (Wildman–Crippen LogP) is 3.59. The Morgan fingerprint density at radius 3 is 2.89 bits per heavy atom. The van der Waals surface area contributed by atoms with Crippen molar-refractivity contribution in [1.82, 2.24) is 9.97 Å². The number of hydrogen-bond donors (Lipinski definition) is 1. The van der Waals surface area contributed by atoms with Crippen molar-refractivity contribution in [2.24, 2.45) is 0 Å². The van der Waals surface area contributed by atoms with Crippen LogP contribution in [0, 0.1) is 0 Å². The van der Waals surface area contributed by atoms with Crippen LogP contribution >= 0.6 is 11.8 Å². The third kappa shape index (κ3) is 4.04. The van der Waals surface area contributed by atoms with Crippen LogP contribution in [-0.2, 0) is 5.75 Å². The molecule has 0 unspecified atom stereocenters. The number of rotatable bonds is 6. The number of anilines is 1. The fraction of sp³-hybridized carbons (Fsp3) is 0.286. The van der Waals surface area contributed by atoms with Gasteiger partial charge >= 0.3 is 0 Å². The summed E-state index contributed by atoms with van der Waals surface area (Å²) in [5.41, 5.74) is 1.26. The molecule has 0 saturated heterocycles. The van der Waals surface area contributed by atoms with Gasteiger partial charge in [-0.05, 0) is 36.2 Å². The van der Waals surface area contributed by atoms with Gasteiger partial charge in [-0.1, -0.05) is 13.0 Å². The minimum atomic E-state index is 0.917. The maximum atomic E-state index is 4.30. The maximum absolute atomic E-state index is 4.30. The summed E-state index contributed by atoms with van der Waals surface area (Å²) < 4.78 is 0. The molecule has 0 atom stereocenters. The second-order valence-corrected chi connectivity index (χ2v) is 4.93. The first kappa shape index (κ1) is 12.9. The zero-order valence-corrected chi connectivity index (χ0v) is 11.3. The van der Waals surface area contributed by atoms with Crippen LogP contribution in [0.25, 0.3) is 0 Å². The third-order valence-corrected chi connectivity index (χ3v) is 3.42. The molecule has 94 valence electrons. The van der Waals surface area contributed by atoms with Gasteiger partial charge in [-0.2, -0.15) is 0 Å². The predicted molar refractivity (Wildman–Crippen MR) is 76.8 cm³/mol. The maximum Gasteiger partial charge on any atom is 0.126 e. The van der Waals surface area contributed by atoms with Crippen molar-refractivity contribution in [3.8, 4) is 0 Å². The Labute approximate surface area is 112 Å². The van der Waals surface area contributed by atoms with Crippen molar-refractivity contribution >= 4 is 17.6 Å². The number of aromatic nitrogens is 2. The molecule has 1 N–H and O–H groups in total. The van der Waals surface area contributed by atoms with Gasteiger partial charge in [0.15, 0.2) is 0 Å². The summed E-state index contributed by atoms with van der Waals surface area (Å²) in [5.74, 6) is 1.87. The standard InChI is InChI=1S/C14H17N3S/c1-2-7-15-13-10-12(6-9-16-13)11-18-14-5-3-4-8-17-14/h3-6,8-10H,2,7,11H2,1H3,(H,15,16). The Bertz CT molecular complexity index is 473. The Hall–Kier alpha value is -1.55. The normalized spacial score (nSPS) is 10.3. The summed E-state index contributed by atoms with van der Waals surface area (Å²) in [5, 5.41) is 4.35. The minimum absolute atomic E-state index is 0.917. The Morgan fingerprint density at radius 1 is 1.17 bits per heavy atom. The van der Waals surface area contributed by atoms with Gasteiger partial charge in [-0.15, -0.1) is 11.8 Å². The average molecular weight is 259 g/mol. The molecule has 2 aromatic rings. The number of thioether (sulfide) groups is 1. The smallest absolute Gasteiger partial charge is 0.126 e. The van der Waals surface area contributed by atoms with Crippen LogP contribution in [0.15, 0.2) is 47.8 Å². The second-order valence-electron chi connectivity index (χ2n) is 3.93. The summed E-state index contributed by atoms with van der Waals surface area (Å²) >= 11 is 1.74. The molecule has 3 nitrogen and oxygen atoms in total. The van der Waals surface area contributed by atoms with Gasteiger partial charge < -0.3 is 5.32 Å². The van der Waals surface area contributed by atoms with Crippen LogP contribution in [0.5, 0.6) is 0 Å². The highest BCUT2D eigenvalue weighted by Crippen LogP contribution is 2.21. The van der Waals surface area contributed by atoms with Crippen molar-refractivity contribution in [1.29, 1.82) is 0 Å². The number of nitrogens with zero attached hydrogens (tertiary/aromatic N) is 2. The van der Waals surface area contributed by atoms with Crippen LogP contribution < -0.4 is 5.32 Å². The molecule has 0 saturated carbocycles. The molecule has 0 radical (unpaired) electrons. The molecular weight excluding hydrogens is 242 g/mol. The zero-order valence-electron chi connectivity index (χ0n) is 10.5. The fourth-order valence-corrected chi connectivity index (χ4v) is 2.31. The van der Waals surface area contributed by atoms with Crippen LogP contribution in [0.2, 0.25) is 0 Å². The minimum Gasteiger partial charge on any atom is -0.370 e. The summed E-state index contributed by atoms with van der Waals surface area (Å²) in [6.07, 6.45) is 4.78. The van der Waals surface area contributed by atoms with Gasteiger partial charge in [-0.3, -0.25) is 0 Å². The molecule has 18 heavy (non-hydrogen) atoms. The van der Waals surface area contributed by atoms with Crippen molar-refractivity contribution in [2.45, 2.75) is 24.1 Å². The first-order valence-corrected chi connectivity index (χ1v) is 7.09. The quantitative estimate of drug-likeness (QED) is 0.804. The molecule has 4 heteroatoms. The van der Waals surface area contributed by atoms with Crippen LogP contribution in [-0.4, -0.2) is 16.5 Å².